The van der Waals surface area contributed by atoms with Gasteiger partial charge < -0.3 is 9.05 Å². The molecular weight excluding hydrogens is 355 g/mol. The van der Waals surface area contributed by atoms with E-state index in [-0.39, 0.29) is 5.41 Å². The topological polar surface area (TPSA) is 35.5 Å². The van der Waals surface area contributed by atoms with E-state index in [0.717, 1.165) is 35.9 Å². The predicted molar refractivity (Wildman–Crippen MR) is 111 cm³/mol. The Labute approximate surface area is 166 Å². The van der Waals surface area contributed by atoms with Gasteiger partial charge in [-0.3, -0.25) is 4.57 Å². The van der Waals surface area contributed by atoms with Crippen LogP contribution in [0.15, 0.2) is 11.4 Å². The van der Waals surface area contributed by atoms with Gasteiger partial charge in [0.1, 0.15) is 0 Å². The van der Waals surface area contributed by atoms with Crippen LogP contribution in [-0.2, 0) is 13.6 Å². The molecule has 0 saturated heterocycles. The molecule has 0 bridgehead atoms. The van der Waals surface area contributed by atoms with E-state index in [4.69, 9.17) is 9.05 Å². The summed E-state index contributed by atoms with van der Waals surface area (Å²) in [5, 5.41) is 1.01. The molecule has 3 fully saturated rings. The minimum atomic E-state index is -3.15. The highest BCUT2D eigenvalue weighted by Crippen LogP contribution is 2.73. The van der Waals surface area contributed by atoms with Gasteiger partial charge in [-0.1, -0.05) is 32.8 Å². The van der Waals surface area contributed by atoms with Crippen molar-refractivity contribution in [2.75, 3.05) is 13.2 Å². The third-order valence-electron chi connectivity index (χ3n) is 9.02. The number of fused-ring (bicyclic) bond motifs is 5. The fourth-order valence-corrected chi connectivity index (χ4v) is 10.0. The molecule has 0 N–H and O–H groups in total. The van der Waals surface area contributed by atoms with Crippen LogP contribution < -0.4 is 0 Å². The molecule has 0 aliphatic heterocycles. The molecular formula is C23H39O3P. The largest absolute Gasteiger partial charge is 0.357 e. The smallest absolute Gasteiger partial charge is 0.306 e. The van der Waals surface area contributed by atoms with Crippen LogP contribution in [0.4, 0.5) is 0 Å². The highest BCUT2D eigenvalue weighted by molar-refractivity contribution is 7.58. The van der Waals surface area contributed by atoms with E-state index in [1.54, 1.807) is 0 Å². The normalized spacial score (nSPS) is 44.2. The molecule has 0 aromatic carbocycles. The predicted octanol–water partition coefficient (Wildman–Crippen LogP) is 7.18. The maximum absolute atomic E-state index is 13.6. The first-order valence-corrected chi connectivity index (χ1v) is 13.0. The van der Waals surface area contributed by atoms with Gasteiger partial charge in [0.2, 0.25) is 0 Å². The van der Waals surface area contributed by atoms with Crippen molar-refractivity contribution < 1.29 is 13.6 Å². The van der Waals surface area contributed by atoms with Gasteiger partial charge >= 0.3 is 7.60 Å². The molecule has 27 heavy (non-hydrogen) atoms. The monoisotopic (exact) mass is 394 g/mol. The second-order valence-electron chi connectivity index (χ2n) is 10.0. The lowest BCUT2D eigenvalue weighted by atomic mass is 9.45. The van der Waals surface area contributed by atoms with Crippen LogP contribution in [0.25, 0.3) is 0 Å². The van der Waals surface area contributed by atoms with E-state index < -0.39 is 7.60 Å². The Balaban J connectivity index is 1.62. The summed E-state index contributed by atoms with van der Waals surface area (Å²) in [6, 6.07) is 0. The molecule has 0 aromatic heterocycles. The number of allylic oxidation sites excluding steroid dienone is 2. The second-order valence-corrected chi connectivity index (χ2v) is 12.0. The van der Waals surface area contributed by atoms with Crippen LogP contribution in [0.3, 0.4) is 0 Å². The maximum Gasteiger partial charge on any atom is 0.357 e. The second kappa shape index (κ2) is 7.29. The molecule has 4 heteroatoms. The summed E-state index contributed by atoms with van der Waals surface area (Å²) in [5.41, 5.74) is 0.549. The number of rotatable bonds is 5. The zero-order valence-electron chi connectivity index (χ0n) is 17.8. The van der Waals surface area contributed by atoms with Crippen LogP contribution >= 0.6 is 7.60 Å². The standard InChI is InChI=1S/C23H39O3P/c1-5-25-27(24,26-6-2)21-13-12-19-18-11-10-17-9-7-8-15-22(17,3)20(18)14-16-23(19,21)4/h13,17-20H,5-12,14-16H2,1-4H3/t17?,18-,19-,20-,22-,23-/m0/s1. The van der Waals surface area contributed by atoms with E-state index in [1.807, 2.05) is 13.8 Å². The average molecular weight is 395 g/mol. The third-order valence-corrected chi connectivity index (χ3v) is 11.5. The van der Waals surface area contributed by atoms with Crippen molar-refractivity contribution >= 4 is 7.60 Å². The molecule has 4 rings (SSSR count). The zero-order valence-corrected chi connectivity index (χ0v) is 18.7. The first-order valence-electron chi connectivity index (χ1n) is 11.5. The summed E-state index contributed by atoms with van der Waals surface area (Å²) in [4.78, 5) is 0. The molecule has 154 valence electrons. The van der Waals surface area contributed by atoms with Crippen LogP contribution in [0.1, 0.15) is 85.5 Å². The average Bonchev–Trinajstić information content (AvgIpc) is 2.99. The SMILES string of the molecule is CCOP(=O)(OCC)C1=CC[C@H]2[C@@H]3CCC4CCCC[C@]4(C)[C@H]3CC[C@]12C. The van der Waals surface area contributed by atoms with Crippen molar-refractivity contribution in [3.8, 4) is 0 Å². The minimum Gasteiger partial charge on any atom is -0.306 e. The number of hydrogen-bond acceptors (Lipinski definition) is 3. The summed E-state index contributed by atoms with van der Waals surface area (Å²) in [6.45, 7) is 9.71. The van der Waals surface area contributed by atoms with Crippen molar-refractivity contribution in [2.24, 2.45) is 34.5 Å². The Bertz CT molecular complexity index is 634. The lowest BCUT2D eigenvalue weighted by Gasteiger charge is -2.60. The summed E-state index contributed by atoms with van der Waals surface area (Å²) in [7, 11) is -3.15. The molecule has 0 aromatic rings. The van der Waals surface area contributed by atoms with Crippen LogP contribution in [0, 0.1) is 34.5 Å². The molecule has 4 aliphatic rings. The molecule has 3 saturated carbocycles. The summed E-state index contributed by atoms with van der Waals surface area (Å²) in [6.07, 6.45) is 14.3. The van der Waals surface area contributed by atoms with Crippen molar-refractivity contribution in [1.82, 2.24) is 0 Å². The molecule has 6 atom stereocenters. The van der Waals surface area contributed by atoms with Crippen molar-refractivity contribution in [1.29, 1.82) is 0 Å². The number of hydrogen-bond donors (Lipinski definition) is 0. The van der Waals surface area contributed by atoms with Gasteiger partial charge in [-0.05, 0) is 87.9 Å². The first-order chi connectivity index (χ1) is 12.9. The molecule has 3 nitrogen and oxygen atoms in total. The molecule has 0 heterocycles. The molecule has 1 unspecified atom stereocenters. The minimum absolute atomic E-state index is 0.00109. The van der Waals surface area contributed by atoms with Gasteiger partial charge in [0, 0.05) is 10.7 Å². The Morgan fingerprint density at radius 3 is 2.44 bits per heavy atom. The summed E-state index contributed by atoms with van der Waals surface area (Å²) < 4.78 is 25.2. The van der Waals surface area contributed by atoms with Gasteiger partial charge in [0.25, 0.3) is 0 Å². The third kappa shape index (κ3) is 3.03. The Morgan fingerprint density at radius 2 is 1.74 bits per heavy atom. The van der Waals surface area contributed by atoms with E-state index in [0.29, 0.717) is 24.5 Å². The van der Waals surface area contributed by atoms with E-state index in [1.165, 1.54) is 44.9 Å². The first kappa shape index (κ1) is 20.2. The maximum atomic E-state index is 13.6. The Kier molecular flexibility index (Phi) is 5.45. The van der Waals surface area contributed by atoms with Gasteiger partial charge in [-0.2, -0.15) is 0 Å². The quantitative estimate of drug-likeness (QED) is 0.463. The highest BCUT2D eigenvalue weighted by atomic mass is 31.2. The Morgan fingerprint density at radius 1 is 1.00 bits per heavy atom. The Hall–Kier alpha value is -0.110. The van der Waals surface area contributed by atoms with E-state index in [2.05, 4.69) is 19.9 Å². The van der Waals surface area contributed by atoms with Crippen LogP contribution in [-0.4, -0.2) is 13.2 Å². The lowest BCUT2D eigenvalue weighted by molar-refractivity contribution is -0.0981. The molecule has 0 radical (unpaired) electrons. The summed E-state index contributed by atoms with van der Waals surface area (Å²) >= 11 is 0. The van der Waals surface area contributed by atoms with E-state index >= 15 is 0 Å². The fraction of sp³-hybridized carbons (Fsp3) is 0.913. The summed E-state index contributed by atoms with van der Waals surface area (Å²) in [5.74, 6) is 3.22. The van der Waals surface area contributed by atoms with Gasteiger partial charge in [0.15, 0.2) is 0 Å². The zero-order chi connectivity index (χ0) is 19.3. The van der Waals surface area contributed by atoms with Crippen molar-refractivity contribution in [2.45, 2.75) is 85.5 Å². The van der Waals surface area contributed by atoms with Crippen molar-refractivity contribution in [3.05, 3.63) is 11.4 Å². The van der Waals surface area contributed by atoms with Gasteiger partial charge in [0.05, 0.1) is 13.2 Å². The van der Waals surface area contributed by atoms with Crippen molar-refractivity contribution in [3.63, 3.8) is 0 Å². The highest BCUT2D eigenvalue weighted by Gasteiger charge is 2.60. The molecule has 4 aliphatic carbocycles. The van der Waals surface area contributed by atoms with Gasteiger partial charge in [-0.25, -0.2) is 0 Å². The fourth-order valence-electron chi connectivity index (χ4n) is 7.78. The van der Waals surface area contributed by atoms with Gasteiger partial charge in [-0.15, -0.1) is 0 Å². The lowest BCUT2D eigenvalue weighted by Crippen LogP contribution is -2.52. The molecule has 0 spiro atoms. The van der Waals surface area contributed by atoms with E-state index in [9.17, 15) is 4.57 Å². The van der Waals surface area contributed by atoms with Crippen LogP contribution in [0.5, 0.6) is 0 Å². The van der Waals surface area contributed by atoms with Crippen LogP contribution in [0.2, 0.25) is 0 Å². The molecule has 0 amide bonds.